The second-order valence-electron chi connectivity index (χ2n) is 6.00. The third-order valence-electron chi connectivity index (χ3n) is 3.96. The molecule has 1 heterocycles. The van der Waals surface area contributed by atoms with Crippen molar-refractivity contribution in [3.63, 3.8) is 0 Å². The highest BCUT2D eigenvalue weighted by Gasteiger charge is 2.29. The summed E-state index contributed by atoms with van der Waals surface area (Å²) in [6, 6.07) is 12.4. The van der Waals surface area contributed by atoms with Crippen molar-refractivity contribution in [3.8, 4) is 0 Å². The molecular formula is C19H17FN4O3S. The van der Waals surface area contributed by atoms with Gasteiger partial charge in [0.25, 0.3) is 11.8 Å². The average Bonchev–Trinajstić information content (AvgIpc) is 2.98. The van der Waals surface area contributed by atoms with Gasteiger partial charge in [-0.1, -0.05) is 30.0 Å². The molecule has 0 saturated carbocycles. The maximum Gasteiger partial charge on any atom is 0.262 e. The van der Waals surface area contributed by atoms with Gasteiger partial charge in [-0.25, -0.2) is 4.39 Å². The number of thioether (sulfide) groups is 1. The number of benzene rings is 2. The van der Waals surface area contributed by atoms with Crippen LogP contribution in [0.3, 0.4) is 0 Å². The minimum absolute atomic E-state index is 0.0431. The predicted molar refractivity (Wildman–Crippen MR) is 105 cm³/mol. The van der Waals surface area contributed by atoms with Gasteiger partial charge in [-0.05, 0) is 30.3 Å². The number of rotatable bonds is 6. The van der Waals surface area contributed by atoms with Gasteiger partial charge < -0.3 is 16.4 Å². The van der Waals surface area contributed by atoms with Crippen LogP contribution in [0.2, 0.25) is 0 Å². The number of hydrogen-bond donors (Lipinski definition) is 3. The molecule has 0 unspecified atom stereocenters. The maximum atomic E-state index is 13.6. The fraction of sp³-hybridized carbons (Fsp3) is 0.158. The minimum Gasteiger partial charge on any atom is -0.378 e. The van der Waals surface area contributed by atoms with E-state index in [2.05, 4.69) is 15.6 Å². The molecule has 2 aromatic rings. The number of carbonyl (C=O) groups excluding carboxylic acids is 3. The van der Waals surface area contributed by atoms with Gasteiger partial charge in [-0.3, -0.25) is 14.4 Å². The molecule has 1 aliphatic heterocycles. The summed E-state index contributed by atoms with van der Waals surface area (Å²) < 4.78 is 13.6. The largest absolute Gasteiger partial charge is 0.378 e. The first-order valence-corrected chi connectivity index (χ1v) is 9.26. The molecule has 1 aliphatic rings. The molecule has 0 radical (unpaired) electrons. The Labute approximate surface area is 164 Å². The van der Waals surface area contributed by atoms with E-state index in [-0.39, 0.29) is 35.8 Å². The lowest BCUT2D eigenvalue weighted by molar-refractivity contribution is -0.121. The van der Waals surface area contributed by atoms with Crippen LogP contribution in [0.4, 0.5) is 10.1 Å². The van der Waals surface area contributed by atoms with E-state index in [0.29, 0.717) is 16.8 Å². The van der Waals surface area contributed by atoms with Gasteiger partial charge in [-0.15, -0.1) is 0 Å². The summed E-state index contributed by atoms with van der Waals surface area (Å²) >= 11 is 1.06. The molecule has 0 fully saturated rings. The van der Waals surface area contributed by atoms with Gasteiger partial charge >= 0.3 is 0 Å². The molecule has 144 valence electrons. The summed E-state index contributed by atoms with van der Waals surface area (Å²) in [6.45, 7) is 0.0717. The van der Waals surface area contributed by atoms with E-state index in [1.807, 2.05) is 0 Å². The molecule has 0 saturated heterocycles. The van der Waals surface area contributed by atoms with E-state index in [0.717, 1.165) is 11.8 Å². The molecule has 9 heteroatoms. The molecule has 2 aromatic carbocycles. The molecule has 28 heavy (non-hydrogen) atoms. The van der Waals surface area contributed by atoms with Crippen LogP contribution in [-0.2, 0) is 16.1 Å². The van der Waals surface area contributed by atoms with Crippen LogP contribution in [0, 0.1) is 5.82 Å². The highest BCUT2D eigenvalue weighted by molar-refractivity contribution is 8.15. The summed E-state index contributed by atoms with van der Waals surface area (Å²) in [5.41, 5.74) is 6.71. The predicted octanol–water partition coefficient (Wildman–Crippen LogP) is 2.04. The minimum atomic E-state index is -0.608. The van der Waals surface area contributed by atoms with Crippen LogP contribution in [0.15, 0.2) is 53.5 Å². The standard InChI is InChI=1S/C19H17FN4O3S/c20-14-4-2-1-3-12(14)10-22-17(26)11-5-7-13(8-6-11)23-16(25)9-15-18(27)24-19(21)28-15/h1-8,15H,9-10H2,(H,22,26)(H,23,25)(H2,21,24,27)/t15-/m0/s1. The Bertz CT molecular complexity index is 946. The van der Waals surface area contributed by atoms with Crippen molar-refractivity contribution in [2.24, 2.45) is 10.7 Å². The number of nitrogens with two attached hydrogens (primary N) is 1. The molecule has 0 bridgehead atoms. The quantitative estimate of drug-likeness (QED) is 0.687. The number of nitrogens with one attached hydrogen (secondary N) is 2. The summed E-state index contributed by atoms with van der Waals surface area (Å²) in [7, 11) is 0. The zero-order valence-corrected chi connectivity index (χ0v) is 15.5. The fourth-order valence-electron chi connectivity index (χ4n) is 2.54. The highest BCUT2D eigenvalue weighted by atomic mass is 32.2. The van der Waals surface area contributed by atoms with Crippen molar-refractivity contribution < 1.29 is 18.8 Å². The lowest BCUT2D eigenvalue weighted by Crippen LogP contribution is -2.23. The van der Waals surface area contributed by atoms with E-state index in [1.165, 1.54) is 6.07 Å². The molecular weight excluding hydrogens is 383 g/mol. The number of carbonyl (C=O) groups is 3. The smallest absolute Gasteiger partial charge is 0.262 e. The normalized spacial score (nSPS) is 15.8. The van der Waals surface area contributed by atoms with E-state index in [4.69, 9.17) is 5.73 Å². The van der Waals surface area contributed by atoms with Crippen LogP contribution in [0.5, 0.6) is 0 Å². The molecule has 7 nitrogen and oxygen atoms in total. The van der Waals surface area contributed by atoms with Crippen LogP contribution < -0.4 is 16.4 Å². The Kier molecular flexibility index (Phi) is 6.05. The SMILES string of the molecule is NC1=NC(=O)[C@H](CC(=O)Nc2ccc(C(=O)NCc3ccccc3F)cc2)S1. The van der Waals surface area contributed by atoms with Crippen LogP contribution in [-0.4, -0.2) is 28.1 Å². The third-order valence-corrected chi connectivity index (χ3v) is 4.94. The van der Waals surface area contributed by atoms with Crippen molar-refractivity contribution >= 4 is 40.3 Å². The van der Waals surface area contributed by atoms with Crippen LogP contribution in [0.1, 0.15) is 22.3 Å². The van der Waals surface area contributed by atoms with E-state index in [9.17, 15) is 18.8 Å². The zero-order chi connectivity index (χ0) is 20.1. The van der Waals surface area contributed by atoms with Crippen molar-refractivity contribution in [3.05, 3.63) is 65.5 Å². The Morgan fingerprint density at radius 2 is 1.86 bits per heavy atom. The number of anilines is 1. The topological polar surface area (TPSA) is 114 Å². The second kappa shape index (κ2) is 8.66. The van der Waals surface area contributed by atoms with Gasteiger partial charge in [0, 0.05) is 29.8 Å². The van der Waals surface area contributed by atoms with Gasteiger partial charge in [0.2, 0.25) is 5.91 Å². The van der Waals surface area contributed by atoms with Gasteiger partial charge in [0.05, 0.1) is 0 Å². The first kappa shape index (κ1) is 19.6. The van der Waals surface area contributed by atoms with Crippen molar-refractivity contribution in [2.45, 2.75) is 18.2 Å². The van der Waals surface area contributed by atoms with Gasteiger partial charge in [0.15, 0.2) is 5.17 Å². The van der Waals surface area contributed by atoms with Gasteiger partial charge in [-0.2, -0.15) is 4.99 Å². The van der Waals surface area contributed by atoms with Crippen LogP contribution >= 0.6 is 11.8 Å². The Morgan fingerprint density at radius 1 is 1.14 bits per heavy atom. The molecule has 0 aliphatic carbocycles. The Morgan fingerprint density at radius 3 is 2.50 bits per heavy atom. The summed E-state index contributed by atoms with van der Waals surface area (Å²) in [4.78, 5) is 39.3. The fourth-order valence-corrected chi connectivity index (χ4v) is 3.36. The number of amidine groups is 1. The third kappa shape index (κ3) is 4.95. The highest BCUT2D eigenvalue weighted by Crippen LogP contribution is 2.23. The number of amides is 3. The van der Waals surface area contributed by atoms with Crippen molar-refractivity contribution in [2.75, 3.05) is 5.32 Å². The Hall–Kier alpha value is -3.20. The first-order valence-electron chi connectivity index (χ1n) is 8.38. The molecule has 1 atom stereocenters. The van der Waals surface area contributed by atoms with E-state index < -0.39 is 11.2 Å². The average molecular weight is 400 g/mol. The number of hydrogen-bond acceptors (Lipinski definition) is 5. The van der Waals surface area contributed by atoms with Crippen molar-refractivity contribution in [1.29, 1.82) is 0 Å². The maximum absolute atomic E-state index is 13.6. The molecule has 0 spiro atoms. The second-order valence-corrected chi connectivity index (χ2v) is 7.22. The first-order chi connectivity index (χ1) is 13.4. The summed E-state index contributed by atoms with van der Waals surface area (Å²) in [6.07, 6.45) is -0.0431. The summed E-state index contributed by atoms with van der Waals surface area (Å²) in [5.74, 6) is -1.51. The number of halogens is 1. The number of nitrogens with zero attached hydrogens (tertiary/aromatic N) is 1. The van der Waals surface area contributed by atoms with Crippen LogP contribution in [0.25, 0.3) is 0 Å². The van der Waals surface area contributed by atoms with E-state index in [1.54, 1.807) is 42.5 Å². The number of aliphatic imine (C=N–C) groups is 1. The van der Waals surface area contributed by atoms with E-state index >= 15 is 0 Å². The molecule has 3 amide bonds. The lowest BCUT2D eigenvalue weighted by atomic mass is 10.1. The zero-order valence-electron chi connectivity index (χ0n) is 14.6. The molecule has 4 N–H and O–H groups in total. The Balaban J connectivity index is 1.51. The molecule has 3 rings (SSSR count). The van der Waals surface area contributed by atoms with Crippen molar-refractivity contribution in [1.82, 2.24) is 5.32 Å². The lowest BCUT2D eigenvalue weighted by Gasteiger charge is -2.09. The van der Waals surface area contributed by atoms with Gasteiger partial charge in [0.1, 0.15) is 11.1 Å². The monoisotopic (exact) mass is 400 g/mol. The molecule has 0 aromatic heterocycles. The summed E-state index contributed by atoms with van der Waals surface area (Å²) in [5, 5.41) is 4.85.